The maximum Gasteiger partial charge on any atom is 0.272 e. The second kappa shape index (κ2) is 10.3. The third-order valence-corrected chi connectivity index (χ3v) is 6.19. The minimum Gasteiger partial charge on any atom is -0.497 e. The van der Waals surface area contributed by atoms with Gasteiger partial charge in [0.15, 0.2) is 0 Å². The lowest BCUT2D eigenvalue weighted by molar-refractivity contribution is -0.132. The van der Waals surface area contributed by atoms with Gasteiger partial charge in [0.05, 0.1) is 31.2 Å². The zero-order chi connectivity index (χ0) is 25.1. The summed E-state index contributed by atoms with van der Waals surface area (Å²) in [5.41, 5.74) is 3.74. The largest absolute Gasteiger partial charge is 0.497 e. The Morgan fingerprint density at radius 2 is 2.00 bits per heavy atom. The molecule has 1 atom stereocenters. The molecule has 0 aliphatic carbocycles. The van der Waals surface area contributed by atoms with Crippen LogP contribution in [0, 0.1) is 20.8 Å². The predicted octanol–water partition coefficient (Wildman–Crippen LogP) is 2.41. The van der Waals surface area contributed by atoms with Crippen molar-refractivity contribution in [1.29, 1.82) is 0 Å². The van der Waals surface area contributed by atoms with Crippen LogP contribution < -0.4 is 4.74 Å². The van der Waals surface area contributed by atoms with Gasteiger partial charge < -0.3 is 23.8 Å². The lowest BCUT2D eigenvalue weighted by Crippen LogP contribution is -2.40. The van der Waals surface area contributed by atoms with Gasteiger partial charge in [-0.15, -0.1) is 0 Å². The number of nitrogens with zero attached hydrogens (tertiary/aromatic N) is 5. The van der Waals surface area contributed by atoms with Crippen molar-refractivity contribution in [3.63, 3.8) is 0 Å². The normalized spacial score (nSPS) is 16.5. The highest BCUT2D eigenvalue weighted by atomic mass is 16.5. The van der Waals surface area contributed by atoms with Crippen LogP contribution in [0.2, 0.25) is 0 Å². The Balaban J connectivity index is 1.58. The van der Waals surface area contributed by atoms with E-state index in [1.165, 1.54) is 0 Å². The van der Waals surface area contributed by atoms with Crippen LogP contribution in [-0.4, -0.2) is 69.4 Å². The van der Waals surface area contributed by atoms with Gasteiger partial charge >= 0.3 is 0 Å². The molecule has 10 nitrogen and oxygen atoms in total. The van der Waals surface area contributed by atoms with E-state index in [1.807, 2.05) is 45.0 Å². The summed E-state index contributed by atoms with van der Waals surface area (Å²) in [5, 5.41) is 8.27. The Bertz CT molecular complexity index is 1200. The summed E-state index contributed by atoms with van der Waals surface area (Å²) in [5.74, 6) is 1.01. The number of amides is 2. The van der Waals surface area contributed by atoms with Gasteiger partial charge in [0.25, 0.3) is 5.91 Å². The molecule has 0 spiro atoms. The number of carbonyl (C=O) groups excluding carboxylic acids is 2. The second-order valence-electron chi connectivity index (χ2n) is 8.84. The molecule has 3 heterocycles. The number of aryl methyl sites for hydroxylation is 4. The van der Waals surface area contributed by atoms with Gasteiger partial charge in [0, 0.05) is 32.2 Å². The number of aromatic nitrogens is 3. The van der Waals surface area contributed by atoms with E-state index in [0.717, 1.165) is 28.3 Å². The quantitative estimate of drug-likeness (QED) is 0.511. The molecule has 1 aliphatic heterocycles. The first kappa shape index (κ1) is 24.5. The molecule has 0 radical (unpaired) electrons. The topological polar surface area (TPSA) is 103 Å². The van der Waals surface area contributed by atoms with Crippen molar-refractivity contribution in [2.75, 3.05) is 26.7 Å². The summed E-state index contributed by atoms with van der Waals surface area (Å²) in [6.07, 6.45) is -0.404. The van der Waals surface area contributed by atoms with E-state index < -0.39 is 6.10 Å². The number of rotatable bonds is 7. The number of ether oxygens (including phenoxy) is 2. The number of hydrogen-bond donors (Lipinski definition) is 0. The smallest absolute Gasteiger partial charge is 0.272 e. The summed E-state index contributed by atoms with van der Waals surface area (Å²) < 4.78 is 18.4. The van der Waals surface area contributed by atoms with Crippen molar-refractivity contribution >= 4 is 11.8 Å². The van der Waals surface area contributed by atoms with Crippen molar-refractivity contribution in [2.24, 2.45) is 7.05 Å². The van der Waals surface area contributed by atoms with E-state index in [1.54, 1.807) is 34.7 Å². The third kappa shape index (κ3) is 5.54. The van der Waals surface area contributed by atoms with Gasteiger partial charge in [0.2, 0.25) is 5.91 Å². The summed E-state index contributed by atoms with van der Waals surface area (Å²) in [7, 11) is 3.33. The SMILES string of the molecule is COc1cccc(CN2CC(OCc3c(C)noc3C)CN(C(=O)c3cc(C)nn3C)CC2=O)c1. The highest BCUT2D eigenvalue weighted by Crippen LogP contribution is 2.20. The molecule has 2 aromatic heterocycles. The molecule has 1 aromatic carbocycles. The van der Waals surface area contributed by atoms with E-state index in [9.17, 15) is 9.59 Å². The molecule has 0 saturated carbocycles. The Morgan fingerprint density at radius 3 is 2.66 bits per heavy atom. The number of methoxy groups -OCH3 is 1. The zero-order valence-corrected chi connectivity index (χ0v) is 20.8. The third-order valence-electron chi connectivity index (χ3n) is 6.19. The predicted molar refractivity (Wildman–Crippen MR) is 127 cm³/mol. The first-order chi connectivity index (χ1) is 16.7. The Kier molecular flexibility index (Phi) is 7.20. The van der Waals surface area contributed by atoms with Gasteiger partial charge in [-0.25, -0.2) is 0 Å². The molecule has 4 rings (SSSR count). The fraction of sp³-hybridized carbons (Fsp3) is 0.440. The van der Waals surface area contributed by atoms with Crippen molar-refractivity contribution in [1.82, 2.24) is 24.7 Å². The van der Waals surface area contributed by atoms with E-state index in [0.29, 0.717) is 24.5 Å². The van der Waals surface area contributed by atoms with Crippen LogP contribution >= 0.6 is 0 Å². The van der Waals surface area contributed by atoms with Crippen LogP contribution in [0.3, 0.4) is 0 Å². The molecule has 1 fully saturated rings. The average Bonchev–Trinajstić information content (AvgIpc) is 3.29. The van der Waals surface area contributed by atoms with Crippen molar-refractivity contribution < 1.29 is 23.6 Å². The maximum atomic E-state index is 13.4. The van der Waals surface area contributed by atoms with Crippen LogP contribution in [0.1, 0.15) is 38.8 Å². The van der Waals surface area contributed by atoms with Crippen LogP contribution in [0.5, 0.6) is 5.75 Å². The van der Waals surface area contributed by atoms with Crippen molar-refractivity contribution in [3.05, 3.63) is 64.3 Å². The molecule has 3 aromatic rings. The number of hydrogen-bond acceptors (Lipinski definition) is 7. The standard InChI is InChI=1S/C25H31N5O5/c1-16-9-23(28(4)26-16)25(32)30-13-21(34-15-22-17(2)27-35-18(22)3)12-29(24(31)14-30)11-19-7-6-8-20(10-19)33-5/h6-10,21H,11-15H2,1-5H3. The number of carbonyl (C=O) groups is 2. The van der Waals surface area contributed by atoms with Crippen LogP contribution in [0.4, 0.5) is 0 Å². The van der Waals surface area contributed by atoms with Crippen LogP contribution in [-0.2, 0) is 29.7 Å². The second-order valence-corrected chi connectivity index (χ2v) is 8.84. The fourth-order valence-corrected chi connectivity index (χ4v) is 4.26. The fourth-order valence-electron chi connectivity index (χ4n) is 4.26. The van der Waals surface area contributed by atoms with Crippen molar-refractivity contribution in [2.45, 2.75) is 40.0 Å². The van der Waals surface area contributed by atoms with E-state index in [4.69, 9.17) is 14.0 Å². The molecule has 1 saturated heterocycles. The molecular weight excluding hydrogens is 450 g/mol. The van der Waals surface area contributed by atoms with Gasteiger partial charge in [-0.3, -0.25) is 14.3 Å². The van der Waals surface area contributed by atoms with Gasteiger partial charge in [-0.1, -0.05) is 17.3 Å². The summed E-state index contributed by atoms with van der Waals surface area (Å²) in [6, 6.07) is 9.33. The molecule has 2 amide bonds. The van der Waals surface area contributed by atoms with Crippen LogP contribution in [0.15, 0.2) is 34.9 Å². The molecule has 35 heavy (non-hydrogen) atoms. The van der Waals surface area contributed by atoms with E-state index in [2.05, 4.69) is 10.3 Å². The van der Waals surface area contributed by atoms with Gasteiger partial charge in [-0.2, -0.15) is 5.10 Å². The molecule has 186 valence electrons. The van der Waals surface area contributed by atoms with E-state index in [-0.39, 0.29) is 31.5 Å². The van der Waals surface area contributed by atoms with Crippen molar-refractivity contribution in [3.8, 4) is 5.75 Å². The minimum absolute atomic E-state index is 0.0434. The summed E-state index contributed by atoms with van der Waals surface area (Å²) in [6.45, 7) is 6.76. The lowest BCUT2D eigenvalue weighted by Gasteiger charge is -2.25. The highest BCUT2D eigenvalue weighted by Gasteiger charge is 2.33. The average molecular weight is 482 g/mol. The van der Waals surface area contributed by atoms with E-state index >= 15 is 0 Å². The lowest BCUT2D eigenvalue weighted by atomic mass is 10.2. The Hall–Kier alpha value is -3.66. The Labute approximate surface area is 204 Å². The first-order valence-electron chi connectivity index (χ1n) is 11.5. The molecule has 10 heteroatoms. The number of benzene rings is 1. The van der Waals surface area contributed by atoms with Crippen LogP contribution in [0.25, 0.3) is 0 Å². The van der Waals surface area contributed by atoms with Gasteiger partial charge in [0.1, 0.15) is 23.7 Å². The molecule has 1 aliphatic rings. The van der Waals surface area contributed by atoms with Gasteiger partial charge in [-0.05, 0) is 44.5 Å². The first-order valence-corrected chi connectivity index (χ1v) is 11.5. The zero-order valence-electron chi connectivity index (χ0n) is 20.8. The molecule has 1 unspecified atom stereocenters. The molecular formula is C25H31N5O5. The summed E-state index contributed by atoms with van der Waals surface area (Å²) >= 11 is 0. The summed E-state index contributed by atoms with van der Waals surface area (Å²) in [4.78, 5) is 29.9. The maximum absolute atomic E-state index is 13.4. The monoisotopic (exact) mass is 481 g/mol. The molecule has 0 bridgehead atoms. The Morgan fingerprint density at radius 1 is 1.20 bits per heavy atom. The minimum atomic E-state index is -0.404. The highest BCUT2D eigenvalue weighted by molar-refractivity contribution is 5.95. The molecule has 0 N–H and O–H groups in total.